The van der Waals surface area contributed by atoms with Gasteiger partial charge in [0.05, 0.1) is 0 Å². The van der Waals surface area contributed by atoms with Crippen molar-refractivity contribution in [2.45, 2.75) is 38.5 Å². The van der Waals surface area contributed by atoms with E-state index in [-0.39, 0.29) is 5.69 Å². The zero-order chi connectivity index (χ0) is 18.3. The second-order valence-corrected chi connectivity index (χ2v) is 5.64. The normalized spacial score (nSPS) is 14.4. The van der Waals surface area contributed by atoms with Gasteiger partial charge < -0.3 is 15.4 Å². The highest BCUT2D eigenvalue weighted by Gasteiger charge is 2.31. The summed E-state index contributed by atoms with van der Waals surface area (Å²) in [4.78, 5) is 23.5. The van der Waals surface area contributed by atoms with Crippen LogP contribution in [-0.2, 0) is 9.59 Å². The van der Waals surface area contributed by atoms with Gasteiger partial charge in [0.1, 0.15) is 5.75 Å². The molecule has 0 saturated carbocycles. The maximum absolute atomic E-state index is 12.1. The highest BCUT2D eigenvalue weighted by molar-refractivity contribution is 6.39. The number of halogens is 3. The van der Waals surface area contributed by atoms with Crippen LogP contribution in [-0.4, -0.2) is 24.7 Å². The van der Waals surface area contributed by atoms with Crippen LogP contribution in [0.3, 0.4) is 0 Å². The summed E-state index contributed by atoms with van der Waals surface area (Å²) in [7, 11) is 0. The molecule has 1 aromatic carbocycles. The number of amides is 2. The van der Waals surface area contributed by atoms with E-state index in [1.165, 1.54) is 24.1 Å². The Morgan fingerprint density at radius 2 is 1.80 bits per heavy atom. The summed E-state index contributed by atoms with van der Waals surface area (Å²) in [5, 5.41) is 4.84. The summed E-state index contributed by atoms with van der Waals surface area (Å²) in [5.74, 6) is -2.06. The Labute approximate surface area is 143 Å². The van der Waals surface area contributed by atoms with Crippen LogP contribution < -0.4 is 15.4 Å². The van der Waals surface area contributed by atoms with Crippen molar-refractivity contribution in [3.63, 3.8) is 0 Å². The van der Waals surface area contributed by atoms with Crippen LogP contribution in [0, 0.1) is 0 Å². The Bertz CT molecular complexity index is 640. The number of carbonyl (C=O) groups excluding carboxylic acids is 2. The molecule has 136 valence electrons. The van der Waals surface area contributed by atoms with Gasteiger partial charge in [-0.1, -0.05) is 11.6 Å². The fourth-order valence-electron chi connectivity index (χ4n) is 2.48. The molecule has 5 nitrogen and oxygen atoms in total. The average molecular weight is 356 g/mol. The largest absolute Gasteiger partial charge is 0.573 e. The second kappa shape index (κ2) is 8.55. The molecule has 0 bridgehead atoms. The number of ether oxygens (including phenoxy) is 1. The molecular formula is C17H19F3N2O3. The van der Waals surface area contributed by atoms with Gasteiger partial charge >= 0.3 is 18.2 Å². The molecule has 0 spiro atoms. The SMILES string of the molecule is O=C(NCCC1=CCCCC1)C(=O)Nc1ccc(OC(F)(F)F)cc1. The number of carbonyl (C=O) groups is 2. The van der Waals surface area contributed by atoms with E-state index in [4.69, 9.17) is 0 Å². The number of hydrogen-bond donors (Lipinski definition) is 2. The first kappa shape index (κ1) is 18.8. The lowest BCUT2D eigenvalue weighted by Crippen LogP contribution is -2.36. The van der Waals surface area contributed by atoms with E-state index in [0.717, 1.165) is 31.4 Å². The lowest BCUT2D eigenvalue weighted by molar-refractivity contribution is -0.274. The molecule has 2 rings (SSSR count). The predicted molar refractivity (Wildman–Crippen MR) is 85.9 cm³/mol. The Kier molecular flexibility index (Phi) is 6.44. The van der Waals surface area contributed by atoms with Crippen molar-refractivity contribution in [1.29, 1.82) is 0 Å². The van der Waals surface area contributed by atoms with Crippen molar-refractivity contribution in [2.75, 3.05) is 11.9 Å². The quantitative estimate of drug-likeness (QED) is 0.626. The van der Waals surface area contributed by atoms with Crippen LogP contribution in [0.4, 0.5) is 18.9 Å². The molecule has 2 N–H and O–H groups in total. The molecule has 1 aromatic rings. The van der Waals surface area contributed by atoms with Crippen LogP contribution in [0.5, 0.6) is 5.75 Å². The van der Waals surface area contributed by atoms with Crippen LogP contribution in [0.15, 0.2) is 35.9 Å². The number of rotatable bonds is 5. The van der Waals surface area contributed by atoms with Crippen molar-refractivity contribution in [3.05, 3.63) is 35.9 Å². The van der Waals surface area contributed by atoms with E-state index in [0.29, 0.717) is 13.0 Å². The van der Waals surface area contributed by atoms with Crippen LogP contribution >= 0.6 is 0 Å². The van der Waals surface area contributed by atoms with Crippen molar-refractivity contribution in [3.8, 4) is 5.75 Å². The predicted octanol–water partition coefficient (Wildman–Crippen LogP) is 3.53. The molecule has 8 heteroatoms. The molecule has 2 amide bonds. The Balaban J connectivity index is 1.76. The van der Waals surface area contributed by atoms with Gasteiger partial charge in [0.25, 0.3) is 0 Å². The van der Waals surface area contributed by atoms with Crippen molar-refractivity contribution in [1.82, 2.24) is 5.32 Å². The fourth-order valence-corrected chi connectivity index (χ4v) is 2.48. The van der Waals surface area contributed by atoms with Gasteiger partial charge in [-0.3, -0.25) is 9.59 Å². The first-order chi connectivity index (χ1) is 11.8. The number of anilines is 1. The highest BCUT2D eigenvalue weighted by atomic mass is 19.4. The van der Waals surface area contributed by atoms with Crippen molar-refractivity contribution < 1.29 is 27.5 Å². The molecule has 25 heavy (non-hydrogen) atoms. The fraction of sp³-hybridized carbons (Fsp3) is 0.412. The molecule has 0 radical (unpaired) electrons. The zero-order valence-corrected chi connectivity index (χ0v) is 13.5. The van der Waals surface area contributed by atoms with Gasteiger partial charge in [0.2, 0.25) is 0 Å². The maximum atomic E-state index is 12.1. The van der Waals surface area contributed by atoms with Crippen LogP contribution in [0.25, 0.3) is 0 Å². The van der Waals surface area contributed by atoms with E-state index in [1.54, 1.807) is 0 Å². The molecule has 0 heterocycles. The first-order valence-corrected chi connectivity index (χ1v) is 7.96. The van der Waals surface area contributed by atoms with Gasteiger partial charge in [-0.2, -0.15) is 0 Å². The number of nitrogens with one attached hydrogen (secondary N) is 2. The summed E-state index contributed by atoms with van der Waals surface area (Å²) in [6.07, 6.45) is 2.51. The second-order valence-electron chi connectivity index (χ2n) is 5.64. The minimum atomic E-state index is -4.78. The summed E-state index contributed by atoms with van der Waals surface area (Å²) < 4.78 is 39.9. The molecule has 0 aromatic heterocycles. The van der Waals surface area contributed by atoms with Gasteiger partial charge in [0.15, 0.2) is 0 Å². The average Bonchev–Trinajstić information content (AvgIpc) is 2.56. The smallest absolute Gasteiger partial charge is 0.406 e. The summed E-state index contributed by atoms with van der Waals surface area (Å²) in [6, 6.07) is 4.55. The molecule has 1 aliphatic rings. The number of benzene rings is 1. The van der Waals surface area contributed by atoms with Gasteiger partial charge in [-0.15, -0.1) is 13.2 Å². The molecule has 0 atom stereocenters. The molecule has 0 saturated heterocycles. The number of hydrogen-bond acceptors (Lipinski definition) is 3. The van der Waals surface area contributed by atoms with E-state index < -0.39 is 23.9 Å². The molecule has 1 aliphatic carbocycles. The molecule has 0 aliphatic heterocycles. The van der Waals surface area contributed by atoms with Crippen molar-refractivity contribution in [2.24, 2.45) is 0 Å². The monoisotopic (exact) mass is 356 g/mol. The van der Waals surface area contributed by atoms with Gasteiger partial charge in [-0.25, -0.2) is 0 Å². The topological polar surface area (TPSA) is 67.4 Å². The number of alkyl halides is 3. The summed E-state index contributed by atoms with van der Waals surface area (Å²) >= 11 is 0. The van der Waals surface area contributed by atoms with E-state index in [9.17, 15) is 22.8 Å². The summed E-state index contributed by atoms with van der Waals surface area (Å²) in [6.45, 7) is 0.371. The molecular weight excluding hydrogens is 337 g/mol. The van der Waals surface area contributed by atoms with E-state index in [1.807, 2.05) is 0 Å². The van der Waals surface area contributed by atoms with Gasteiger partial charge in [-0.05, 0) is 56.4 Å². The zero-order valence-electron chi connectivity index (χ0n) is 13.5. The maximum Gasteiger partial charge on any atom is 0.573 e. The number of allylic oxidation sites excluding steroid dienone is 1. The van der Waals surface area contributed by atoms with E-state index >= 15 is 0 Å². The van der Waals surface area contributed by atoms with Crippen LogP contribution in [0.2, 0.25) is 0 Å². The van der Waals surface area contributed by atoms with Gasteiger partial charge in [0, 0.05) is 12.2 Å². The van der Waals surface area contributed by atoms with Crippen molar-refractivity contribution >= 4 is 17.5 Å². The first-order valence-electron chi connectivity index (χ1n) is 7.96. The standard InChI is InChI=1S/C17H19F3N2O3/c18-17(19,20)25-14-8-6-13(7-9-14)22-16(24)15(23)21-11-10-12-4-2-1-3-5-12/h4,6-9H,1-3,5,10-11H2,(H,21,23)(H,22,24). The molecule has 0 unspecified atom stereocenters. The molecule has 0 fully saturated rings. The minimum Gasteiger partial charge on any atom is -0.406 e. The Morgan fingerprint density at radius 1 is 1.08 bits per heavy atom. The highest BCUT2D eigenvalue weighted by Crippen LogP contribution is 2.24. The summed E-state index contributed by atoms with van der Waals surface area (Å²) in [5.41, 5.74) is 1.48. The third kappa shape index (κ3) is 6.86. The Hall–Kier alpha value is -2.51. The minimum absolute atomic E-state index is 0.199. The Morgan fingerprint density at radius 3 is 2.40 bits per heavy atom. The third-order valence-electron chi connectivity index (χ3n) is 3.67. The lowest BCUT2D eigenvalue weighted by atomic mass is 9.97. The van der Waals surface area contributed by atoms with Crippen LogP contribution in [0.1, 0.15) is 32.1 Å². The third-order valence-corrected chi connectivity index (χ3v) is 3.67. The van der Waals surface area contributed by atoms with E-state index in [2.05, 4.69) is 21.4 Å². The lowest BCUT2D eigenvalue weighted by Gasteiger charge is -2.13.